The van der Waals surface area contributed by atoms with Gasteiger partial charge in [0.1, 0.15) is 11.5 Å². The topological polar surface area (TPSA) is 102 Å². The molecular formula is C25H27F2N5O3. The van der Waals surface area contributed by atoms with Gasteiger partial charge in [0, 0.05) is 24.8 Å². The van der Waals surface area contributed by atoms with E-state index in [1.54, 1.807) is 34.7 Å². The predicted octanol–water partition coefficient (Wildman–Crippen LogP) is 3.40. The van der Waals surface area contributed by atoms with E-state index < -0.39 is 23.4 Å². The van der Waals surface area contributed by atoms with Gasteiger partial charge in [-0.2, -0.15) is 5.10 Å². The molecule has 184 valence electrons. The van der Waals surface area contributed by atoms with Crippen LogP contribution in [0.2, 0.25) is 0 Å². The number of nitrogens with zero attached hydrogens (tertiary/aromatic N) is 3. The molecule has 5 rings (SSSR count). The van der Waals surface area contributed by atoms with Crippen LogP contribution < -0.4 is 11.1 Å². The first-order valence-electron chi connectivity index (χ1n) is 11.7. The van der Waals surface area contributed by atoms with Crippen molar-refractivity contribution in [3.63, 3.8) is 0 Å². The van der Waals surface area contributed by atoms with Crippen molar-refractivity contribution in [2.75, 3.05) is 31.6 Å². The average molecular weight is 484 g/mol. The van der Waals surface area contributed by atoms with Crippen LogP contribution in [0, 0.1) is 5.82 Å². The zero-order valence-electron chi connectivity index (χ0n) is 19.4. The van der Waals surface area contributed by atoms with Gasteiger partial charge < -0.3 is 20.7 Å². The molecule has 35 heavy (non-hydrogen) atoms. The summed E-state index contributed by atoms with van der Waals surface area (Å²) in [5, 5.41) is 7.45. The number of ether oxygens (including phenoxy) is 1. The number of alkyl halides is 1. The Balaban J connectivity index is 1.50. The number of nitrogens with two attached hydrogens (primary N) is 1. The van der Waals surface area contributed by atoms with Crippen LogP contribution in [-0.4, -0.2) is 64.3 Å². The number of halogens is 2. The van der Waals surface area contributed by atoms with Crippen molar-refractivity contribution >= 4 is 23.0 Å². The Kier molecular flexibility index (Phi) is 5.92. The van der Waals surface area contributed by atoms with Crippen molar-refractivity contribution in [2.24, 2.45) is 5.73 Å². The van der Waals surface area contributed by atoms with Crippen molar-refractivity contribution in [1.29, 1.82) is 0 Å². The molecule has 3 N–H and O–H groups in total. The molecule has 2 fully saturated rings. The van der Waals surface area contributed by atoms with Crippen molar-refractivity contribution in [1.82, 2.24) is 14.5 Å². The summed E-state index contributed by atoms with van der Waals surface area (Å²) in [7, 11) is 0. The second-order valence-electron chi connectivity index (χ2n) is 9.32. The minimum absolute atomic E-state index is 0.000579. The number of benzene rings is 1. The predicted molar refractivity (Wildman–Crippen MR) is 127 cm³/mol. The van der Waals surface area contributed by atoms with Crippen LogP contribution in [0.15, 0.2) is 36.7 Å². The van der Waals surface area contributed by atoms with Crippen LogP contribution in [0.5, 0.6) is 0 Å². The van der Waals surface area contributed by atoms with Gasteiger partial charge in [0.25, 0.3) is 11.8 Å². The fourth-order valence-electron chi connectivity index (χ4n) is 4.88. The van der Waals surface area contributed by atoms with Crippen LogP contribution in [0.3, 0.4) is 0 Å². The maximum absolute atomic E-state index is 15.0. The molecule has 0 bridgehead atoms. The van der Waals surface area contributed by atoms with Gasteiger partial charge in [-0.05, 0) is 49.9 Å². The Labute approximate surface area is 201 Å². The Morgan fingerprint density at radius 2 is 1.97 bits per heavy atom. The number of amides is 2. The van der Waals surface area contributed by atoms with Crippen LogP contribution in [0.1, 0.15) is 46.9 Å². The second-order valence-corrected chi connectivity index (χ2v) is 9.32. The number of anilines is 1. The van der Waals surface area contributed by atoms with Crippen molar-refractivity contribution in [2.45, 2.75) is 37.9 Å². The van der Waals surface area contributed by atoms with Gasteiger partial charge in [-0.15, -0.1) is 0 Å². The molecule has 3 heterocycles. The summed E-state index contributed by atoms with van der Waals surface area (Å²) in [4.78, 5) is 26.4. The molecule has 0 spiro atoms. The molecule has 1 saturated heterocycles. The number of fused-ring (bicyclic) bond motifs is 1. The second kappa shape index (κ2) is 8.92. The van der Waals surface area contributed by atoms with E-state index in [0.29, 0.717) is 61.5 Å². The van der Waals surface area contributed by atoms with E-state index in [-0.39, 0.29) is 17.0 Å². The van der Waals surface area contributed by atoms with E-state index >= 15 is 0 Å². The van der Waals surface area contributed by atoms with Crippen molar-refractivity contribution in [3.05, 3.63) is 53.6 Å². The Morgan fingerprint density at radius 1 is 1.20 bits per heavy atom. The smallest absolute Gasteiger partial charge is 0.256 e. The van der Waals surface area contributed by atoms with Crippen LogP contribution in [0.4, 0.5) is 14.5 Å². The third-order valence-electron chi connectivity index (χ3n) is 6.94. The molecule has 1 aliphatic carbocycles. The number of nitrogens with one attached hydrogen (secondary N) is 1. The molecular weight excluding hydrogens is 456 g/mol. The van der Waals surface area contributed by atoms with Crippen LogP contribution >= 0.6 is 0 Å². The Bertz CT molecular complexity index is 1300. The molecule has 0 unspecified atom stereocenters. The molecule has 3 aromatic rings. The number of carbonyl (C=O) groups is 2. The maximum Gasteiger partial charge on any atom is 0.256 e. The molecule has 2 aliphatic rings. The quantitative estimate of drug-likeness (QED) is 0.579. The van der Waals surface area contributed by atoms with E-state index in [0.717, 1.165) is 6.42 Å². The summed E-state index contributed by atoms with van der Waals surface area (Å²) in [6.45, 7) is 3.26. The summed E-state index contributed by atoms with van der Waals surface area (Å²) in [6, 6.07) is 5.71. The number of hydrogen-bond donors (Lipinski definition) is 2. The molecule has 2 aromatic heterocycles. The van der Waals surface area contributed by atoms with Gasteiger partial charge in [0.05, 0.1) is 47.8 Å². The number of carbonyl (C=O) groups excluding carboxylic acids is 2. The van der Waals surface area contributed by atoms with Crippen LogP contribution in [0.25, 0.3) is 16.6 Å². The lowest BCUT2D eigenvalue weighted by atomic mass is 10.0. The standard InChI is InChI=1S/C25H27F2N5O3/c1-25(27)6-2-3-21(25)30-22-18(23(28)33)13-29-32-14-16(12-20(22)32)15-4-5-17(19(26)11-15)24(34)31-7-9-35-10-8-31/h4-5,11-14,21,30H,2-3,6-10H2,1H3,(H2,28,33)/t21-,25+/m1/s1. The summed E-state index contributed by atoms with van der Waals surface area (Å²) >= 11 is 0. The van der Waals surface area contributed by atoms with Gasteiger partial charge in [-0.25, -0.2) is 13.3 Å². The zero-order chi connectivity index (χ0) is 24.7. The van der Waals surface area contributed by atoms with E-state index in [1.807, 2.05) is 0 Å². The van der Waals surface area contributed by atoms with Crippen molar-refractivity contribution in [3.8, 4) is 11.1 Å². The lowest BCUT2D eigenvalue weighted by Gasteiger charge is -2.27. The first kappa shape index (κ1) is 23.2. The SMILES string of the molecule is C[C@]1(F)CCC[C@H]1Nc1c(C(N)=O)cnn2cc(-c3ccc(C(=O)N4CCOCC4)c(F)c3)cc12. The molecule has 2 amide bonds. The lowest BCUT2D eigenvalue weighted by molar-refractivity contribution is 0.0300. The number of primary amides is 1. The van der Waals surface area contributed by atoms with Gasteiger partial charge >= 0.3 is 0 Å². The number of rotatable bonds is 5. The molecule has 0 radical (unpaired) electrons. The third-order valence-corrected chi connectivity index (χ3v) is 6.94. The highest BCUT2D eigenvalue weighted by atomic mass is 19.1. The maximum atomic E-state index is 15.0. The molecule has 1 aliphatic heterocycles. The van der Waals surface area contributed by atoms with Crippen LogP contribution in [-0.2, 0) is 4.74 Å². The number of hydrogen-bond acceptors (Lipinski definition) is 5. The first-order valence-corrected chi connectivity index (χ1v) is 11.7. The summed E-state index contributed by atoms with van der Waals surface area (Å²) in [5.74, 6) is -1.68. The Morgan fingerprint density at radius 3 is 2.63 bits per heavy atom. The van der Waals surface area contributed by atoms with Crippen molar-refractivity contribution < 1.29 is 23.1 Å². The monoisotopic (exact) mass is 483 g/mol. The minimum atomic E-state index is -1.42. The summed E-state index contributed by atoms with van der Waals surface area (Å²) in [5.41, 5.74) is 6.39. The lowest BCUT2D eigenvalue weighted by Crippen LogP contribution is -2.41. The highest BCUT2D eigenvalue weighted by Crippen LogP contribution is 2.37. The van der Waals surface area contributed by atoms with Gasteiger partial charge in [0.15, 0.2) is 0 Å². The number of aromatic nitrogens is 2. The summed E-state index contributed by atoms with van der Waals surface area (Å²) in [6.07, 6.45) is 4.82. The number of morpholine rings is 1. The average Bonchev–Trinajstić information content (AvgIpc) is 3.42. The highest BCUT2D eigenvalue weighted by Gasteiger charge is 2.39. The van der Waals surface area contributed by atoms with Gasteiger partial charge in [-0.1, -0.05) is 6.07 Å². The van der Waals surface area contributed by atoms with E-state index in [2.05, 4.69) is 10.4 Å². The van der Waals surface area contributed by atoms with Gasteiger partial charge in [0.2, 0.25) is 0 Å². The largest absolute Gasteiger partial charge is 0.378 e. The fourth-order valence-corrected chi connectivity index (χ4v) is 4.88. The zero-order valence-corrected chi connectivity index (χ0v) is 19.4. The van der Waals surface area contributed by atoms with E-state index in [1.165, 1.54) is 18.3 Å². The summed E-state index contributed by atoms with van der Waals surface area (Å²) < 4.78 is 36.7. The van der Waals surface area contributed by atoms with Gasteiger partial charge in [-0.3, -0.25) is 9.59 Å². The Hall–Kier alpha value is -3.53. The van der Waals surface area contributed by atoms with E-state index in [9.17, 15) is 18.4 Å². The van der Waals surface area contributed by atoms with E-state index in [4.69, 9.17) is 10.5 Å². The first-order chi connectivity index (χ1) is 16.7. The molecule has 8 nitrogen and oxygen atoms in total. The molecule has 2 atom stereocenters. The normalized spacial score (nSPS) is 22.5. The molecule has 1 saturated carbocycles. The highest BCUT2D eigenvalue weighted by molar-refractivity contribution is 6.02. The third kappa shape index (κ3) is 4.34. The minimum Gasteiger partial charge on any atom is -0.378 e. The molecule has 1 aromatic carbocycles. The fraction of sp³-hybridized carbons (Fsp3) is 0.400. The molecule has 10 heteroatoms.